The van der Waals surface area contributed by atoms with Crippen molar-refractivity contribution in [2.24, 2.45) is 0 Å². The van der Waals surface area contributed by atoms with E-state index >= 15 is 0 Å². The molecule has 0 bridgehead atoms. The molecule has 2 N–H and O–H groups in total. The Labute approximate surface area is 93.6 Å². The number of hydrogen-bond donors (Lipinski definition) is 2. The van der Waals surface area contributed by atoms with Crippen LogP contribution in [-0.4, -0.2) is 42.4 Å². The lowest BCUT2D eigenvalue weighted by molar-refractivity contribution is 0.0602. The molecule has 1 atom stereocenters. The molecule has 0 aliphatic rings. The highest BCUT2D eigenvalue weighted by Crippen LogP contribution is 2.08. The summed E-state index contributed by atoms with van der Waals surface area (Å²) in [5.74, 6) is 0.246. The maximum atomic E-state index is 11.6. The van der Waals surface area contributed by atoms with Gasteiger partial charge in [-0.2, -0.15) is 0 Å². The quantitative estimate of drug-likeness (QED) is 0.742. The van der Waals surface area contributed by atoms with Crippen molar-refractivity contribution in [3.63, 3.8) is 0 Å². The highest BCUT2D eigenvalue weighted by atomic mass is 16.5. The number of ether oxygens (including phenoxy) is 1. The van der Waals surface area contributed by atoms with Gasteiger partial charge in [0.15, 0.2) is 5.89 Å². The average Bonchev–Trinajstić information content (AvgIpc) is 2.55. The molecule has 0 aromatic carbocycles. The van der Waals surface area contributed by atoms with Gasteiger partial charge in [-0.15, -0.1) is 0 Å². The standard InChI is InChI=1S/C10H16N2O4/c1-6-9(16-7(2)12-6)10(14)11-4-8(13)5-15-3/h8,13H,4-5H2,1-3H3,(H,11,14). The molecule has 1 aromatic rings. The maximum Gasteiger partial charge on any atom is 0.289 e. The van der Waals surface area contributed by atoms with E-state index in [0.29, 0.717) is 11.6 Å². The first-order valence-corrected chi connectivity index (χ1v) is 4.93. The molecule has 0 radical (unpaired) electrons. The Morgan fingerprint density at radius 3 is 2.81 bits per heavy atom. The Balaban J connectivity index is 2.50. The van der Waals surface area contributed by atoms with Gasteiger partial charge in [-0.05, 0) is 6.92 Å². The van der Waals surface area contributed by atoms with Gasteiger partial charge >= 0.3 is 0 Å². The van der Waals surface area contributed by atoms with Crippen molar-refractivity contribution in [1.82, 2.24) is 10.3 Å². The molecule has 6 nitrogen and oxygen atoms in total. The van der Waals surface area contributed by atoms with E-state index < -0.39 is 6.10 Å². The van der Waals surface area contributed by atoms with E-state index in [1.54, 1.807) is 13.8 Å². The molecule has 0 fully saturated rings. The monoisotopic (exact) mass is 228 g/mol. The van der Waals surface area contributed by atoms with Crippen molar-refractivity contribution in [2.75, 3.05) is 20.3 Å². The number of carbonyl (C=O) groups excluding carboxylic acids is 1. The molecule has 1 heterocycles. The number of rotatable bonds is 5. The second-order valence-corrected chi connectivity index (χ2v) is 3.47. The molecule has 1 rings (SSSR count). The Kier molecular flexibility index (Phi) is 4.45. The van der Waals surface area contributed by atoms with Gasteiger partial charge < -0.3 is 19.6 Å². The number of aryl methyl sites for hydroxylation is 2. The number of methoxy groups -OCH3 is 1. The Hall–Kier alpha value is -1.40. The number of hydrogen-bond acceptors (Lipinski definition) is 5. The molecule has 1 unspecified atom stereocenters. The fraction of sp³-hybridized carbons (Fsp3) is 0.600. The molecule has 0 aliphatic heterocycles. The Bertz CT molecular complexity index is 362. The topological polar surface area (TPSA) is 84.6 Å². The Morgan fingerprint density at radius 2 is 2.31 bits per heavy atom. The molecule has 0 aliphatic carbocycles. The molecule has 0 saturated heterocycles. The third kappa shape index (κ3) is 3.32. The van der Waals surface area contributed by atoms with E-state index in [9.17, 15) is 9.90 Å². The molecule has 0 saturated carbocycles. The van der Waals surface area contributed by atoms with E-state index in [0.717, 1.165) is 0 Å². The maximum absolute atomic E-state index is 11.6. The smallest absolute Gasteiger partial charge is 0.289 e. The first kappa shape index (κ1) is 12.7. The van der Waals surface area contributed by atoms with Crippen molar-refractivity contribution in [2.45, 2.75) is 20.0 Å². The van der Waals surface area contributed by atoms with Crippen LogP contribution < -0.4 is 5.32 Å². The number of amides is 1. The fourth-order valence-electron chi connectivity index (χ4n) is 1.28. The Morgan fingerprint density at radius 1 is 1.62 bits per heavy atom. The lowest BCUT2D eigenvalue weighted by atomic mass is 10.3. The third-order valence-corrected chi connectivity index (χ3v) is 1.97. The minimum Gasteiger partial charge on any atom is -0.436 e. The molecule has 0 spiro atoms. The number of oxazole rings is 1. The molecule has 16 heavy (non-hydrogen) atoms. The second kappa shape index (κ2) is 5.62. The summed E-state index contributed by atoms with van der Waals surface area (Å²) in [6, 6.07) is 0. The number of aromatic nitrogens is 1. The highest BCUT2D eigenvalue weighted by molar-refractivity contribution is 5.92. The van der Waals surface area contributed by atoms with E-state index in [2.05, 4.69) is 10.3 Å². The average molecular weight is 228 g/mol. The molecule has 1 amide bonds. The van der Waals surface area contributed by atoms with Crippen molar-refractivity contribution < 1.29 is 19.1 Å². The second-order valence-electron chi connectivity index (χ2n) is 3.47. The van der Waals surface area contributed by atoms with E-state index in [-0.39, 0.29) is 24.8 Å². The summed E-state index contributed by atoms with van der Waals surface area (Å²) in [5.41, 5.74) is 0.538. The van der Waals surface area contributed by atoms with Gasteiger partial charge in [-0.3, -0.25) is 4.79 Å². The van der Waals surface area contributed by atoms with Gasteiger partial charge in [-0.1, -0.05) is 0 Å². The number of nitrogens with zero attached hydrogens (tertiary/aromatic N) is 1. The molecule has 6 heteroatoms. The summed E-state index contributed by atoms with van der Waals surface area (Å²) in [7, 11) is 1.48. The van der Waals surface area contributed by atoms with Crippen LogP contribution in [-0.2, 0) is 4.74 Å². The van der Waals surface area contributed by atoms with Gasteiger partial charge in [-0.25, -0.2) is 4.98 Å². The lowest BCUT2D eigenvalue weighted by Crippen LogP contribution is -2.34. The summed E-state index contributed by atoms with van der Waals surface area (Å²) < 4.78 is 9.86. The zero-order valence-electron chi connectivity index (χ0n) is 9.61. The fourth-order valence-corrected chi connectivity index (χ4v) is 1.28. The summed E-state index contributed by atoms with van der Waals surface area (Å²) in [4.78, 5) is 15.6. The van der Waals surface area contributed by atoms with Crippen LogP contribution in [0.1, 0.15) is 22.1 Å². The van der Waals surface area contributed by atoms with Crippen molar-refractivity contribution >= 4 is 5.91 Å². The molecule has 1 aromatic heterocycles. The minimum atomic E-state index is -0.724. The van der Waals surface area contributed by atoms with E-state index in [4.69, 9.17) is 9.15 Å². The van der Waals surface area contributed by atoms with Crippen LogP contribution in [0, 0.1) is 13.8 Å². The van der Waals surface area contributed by atoms with Crippen LogP contribution in [0.3, 0.4) is 0 Å². The van der Waals surface area contributed by atoms with Crippen LogP contribution in [0.4, 0.5) is 0 Å². The number of nitrogens with one attached hydrogen (secondary N) is 1. The minimum absolute atomic E-state index is 0.117. The van der Waals surface area contributed by atoms with Gasteiger partial charge in [0.2, 0.25) is 5.76 Å². The summed E-state index contributed by atoms with van der Waals surface area (Å²) in [6.07, 6.45) is -0.724. The number of carbonyl (C=O) groups is 1. The zero-order chi connectivity index (χ0) is 12.1. The number of aliphatic hydroxyl groups excluding tert-OH is 1. The summed E-state index contributed by atoms with van der Waals surface area (Å²) >= 11 is 0. The van der Waals surface area contributed by atoms with Gasteiger partial charge in [0.1, 0.15) is 0 Å². The summed E-state index contributed by atoms with van der Waals surface area (Å²) in [6.45, 7) is 3.65. The van der Waals surface area contributed by atoms with Gasteiger partial charge in [0.05, 0.1) is 18.4 Å². The van der Waals surface area contributed by atoms with Crippen LogP contribution >= 0.6 is 0 Å². The van der Waals surface area contributed by atoms with E-state index in [1.165, 1.54) is 7.11 Å². The van der Waals surface area contributed by atoms with E-state index in [1.807, 2.05) is 0 Å². The predicted octanol–water partition coefficient (Wildman–Crippen LogP) is 0.0285. The zero-order valence-corrected chi connectivity index (χ0v) is 9.61. The summed E-state index contributed by atoms with van der Waals surface area (Å²) in [5, 5.41) is 11.9. The predicted molar refractivity (Wildman–Crippen MR) is 56.2 cm³/mol. The molecular formula is C10H16N2O4. The van der Waals surface area contributed by atoms with Gasteiger partial charge in [0, 0.05) is 20.6 Å². The van der Waals surface area contributed by atoms with Gasteiger partial charge in [0.25, 0.3) is 5.91 Å². The number of aliphatic hydroxyl groups is 1. The highest BCUT2D eigenvalue weighted by Gasteiger charge is 2.16. The van der Waals surface area contributed by atoms with Crippen molar-refractivity contribution in [1.29, 1.82) is 0 Å². The van der Waals surface area contributed by atoms with Crippen LogP contribution in [0.2, 0.25) is 0 Å². The SMILES string of the molecule is COCC(O)CNC(=O)c1oc(C)nc1C. The normalized spacial score (nSPS) is 12.5. The molecule has 90 valence electrons. The largest absolute Gasteiger partial charge is 0.436 e. The van der Waals surface area contributed by atoms with Crippen molar-refractivity contribution in [3.8, 4) is 0 Å². The first-order chi connectivity index (χ1) is 7.54. The lowest BCUT2D eigenvalue weighted by Gasteiger charge is -2.09. The van der Waals surface area contributed by atoms with Crippen LogP contribution in [0.5, 0.6) is 0 Å². The van der Waals surface area contributed by atoms with Crippen molar-refractivity contribution in [3.05, 3.63) is 17.3 Å². The molecular weight excluding hydrogens is 212 g/mol. The van der Waals surface area contributed by atoms with Crippen LogP contribution in [0.15, 0.2) is 4.42 Å². The first-order valence-electron chi connectivity index (χ1n) is 4.93. The van der Waals surface area contributed by atoms with Crippen LogP contribution in [0.25, 0.3) is 0 Å². The third-order valence-electron chi connectivity index (χ3n) is 1.97.